The third-order valence-corrected chi connectivity index (χ3v) is 3.79. The Kier molecular flexibility index (Phi) is 10.8. The quantitative estimate of drug-likeness (QED) is 0.346. The Hall–Kier alpha value is -0.530. The van der Waals surface area contributed by atoms with E-state index in [1.54, 1.807) is 0 Å². The van der Waals surface area contributed by atoms with Gasteiger partial charge in [0.2, 0.25) is 0 Å². The Morgan fingerprint density at radius 2 is 1.91 bits per heavy atom. The molecule has 3 N–H and O–H groups in total. The number of halogens is 2. The zero-order chi connectivity index (χ0) is 15.7. The maximum Gasteiger partial charge on any atom is 0.191 e. The Labute approximate surface area is 155 Å². The monoisotopic (exact) mass is 439 g/mol. The predicted octanol–water partition coefficient (Wildman–Crippen LogP) is 3.56. The summed E-state index contributed by atoms with van der Waals surface area (Å²) in [7, 11) is 0. The maximum absolute atomic E-state index is 10.3. The van der Waals surface area contributed by atoms with Gasteiger partial charge in [0.1, 0.15) is 0 Å². The second-order valence-electron chi connectivity index (χ2n) is 5.11. The summed E-state index contributed by atoms with van der Waals surface area (Å²) in [5.41, 5.74) is 0.368. The zero-order valence-corrected chi connectivity index (χ0v) is 16.6. The van der Waals surface area contributed by atoms with Crippen molar-refractivity contribution < 1.29 is 5.11 Å². The van der Waals surface area contributed by atoms with Crippen molar-refractivity contribution in [2.45, 2.75) is 45.8 Å². The van der Waals surface area contributed by atoms with Gasteiger partial charge >= 0.3 is 0 Å². The molecule has 0 saturated carbocycles. The van der Waals surface area contributed by atoms with Crippen LogP contribution in [0.4, 0.5) is 0 Å². The normalized spacial score (nSPS) is 11.8. The van der Waals surface area contributed by atoms with Crippen molar-refractivity contribution in [3.8, 4) is 0 Å². The highest BCUT2D eigenvalue weighted by molar-refractivity contribution is 14.0. The van der Waals surface area contributed by atoms with Crippen LogP contribution in [0.3, 0.4) is 0 Å². The summed E-state index contributed by atoms with van der Waals surface area (Å²) >= 11 is 5.97. The van der Waals surface area contributed by atoms with E-state index in [1.165, 1.54) is 0 Å². The van der Waals surface area contributed by atoms with Crippen molar-refractivity contribution in [1.82, 2.24) is 10.6 Å². The summed E-state index contributed by atoms with van der Waals surface area (Å²) in [6.07, 6.45) is 1.42. The lowest BCUT2D eigenvalue weighted by Crippen LogP contribution is -2.46. The number of aliphatic imine (C=N–C) groups is 1. The summed E-state index contributed by atoms with van der Waals surface area (Å²) in [4.78, 5) is 4.52. The first-order chi connectivity index (χ1) is 10.0. The minimum atomic E-state index is -0.688. The second kappa shape index (κ2) is 11.1. The standard InChI is InChI=1S/C16H26ClN3O.HI/c1-4-16(21,5-2)12-20-15(18-6-3)19-11-13-8-7-9-14(17)10-13;/h7-10,21H,4-6,11-12H2,1-3H3,(H2,18,19,20);1H. The number of rotatable bonds is 7. The van der Waals surface area contributed by atoms with Gasteiger partial charge in [-0.05, 0) is 37.5 Å². The van der Waals surface area contributed by atoms with Gasteiger partial charge in [-0.3, -0.25) is 0 Å². The van der Waals surface area contributed by atoms with Crippen molar-refractivity contribution in [3.63, 3.8) is 0 Å². The van der Waals surface area contributed by atoms with Crippen LogP contribution < -0.4 is 10.6 Å². The molecular formula is C16H27ClIN3O. The van der Waals surface area contributed by atoms with Gasteiger partial charge in [-0.1, -0.05) is 37.6 Å². The van der Waals surface area contributed by atoms with Crippen molar-refractivity contribution in [3.05, 3.63) is 34.9 Å². The van der Waals surface area contributed by atoms with E-state index in [-0.39, 0.29) is 24.0 Å². The maximum atomic E-state index is 10.3. The third-order valence-electron chi connectivity index (χ3n) is 3.55. The van der Waals surface area contributed by atoms with Gasteiger partial charge in [-0.2, -0.15) is 0 Å². The van der Waals surface area contributed by atoms with E-state index in [9.17, 15) is 5.11 Å². The fraction of sp³-hybridized carbons (Fsp3) is 0.562. The van der Waals surface area contributed by atoms with Crippen LogP contribution >= 0.6 is 35.6 Å². The molecule has 1 rings (SSSR count). The number of hydrogen-bond donors (Lipinski definition) is 3. The first-order valence-corrected chi connectivity index (χ1v) is 7.89. The highest BCUT2D eigenvalue weighted by Gasteiger charge is 2.22. The molecule has 0 aliphatic rings. The van der Waals surface area contributed by atoms with Crippen molar-refractivity contribution >= 4 is 41.5 Å². The lowest BCUT2D eigenvalue weighted by molar-refractivity contribution is 0.0367. The van der Waals surface area contributed by atoms with Gasteiger partial charge in [-0.25, -0.2) is 4.99 Å². The molecule has 0 fully saturated rings. The fourth-order valence-corrected chi connectivity index (χ4v) is 2.11. The van der Waals surface area contributed by atoms with E-state index in [1.807, 2.05) is 45.0 Å². The molecule has 4 nitrogen and oxygen atoms in total. The van der Waals surface area contributed by atoms with Crippen molar-refractivity contribution in [1.29, 1.82) is 0 Å². The Morgan fingerprint density at radius 1 is 1.23 bits per heavy atom. The summed E-state index contributed by atoms with van der Waals surface area (Å²) in [5, 5.41) is 17.4. The van der Waals surface area contributed by atoms with Gasteiger partial charge in [0, 0.05) is 18.1 Å². The molecule has 0 unspecified atom stereocenters. The fourth-order valence-electron chi connectivity index (χ4n) is 1.90. The van der Waals surface area contributed by atoms with Crippen LogP contribution in [-0.2, 0) is 6.54 Å². The SMILES string of the molecule is CCNC(=NCc1cccc(Cl)c1)NCC(O)(CC)CC.I. The molecular weight excluding hydrogens is 413 g/mol. The number of benzene rings is 1. The minimum Gasteiger partial charge on any atom is -0.388 e. The lowest BCUT2D eigenvalue weighted by Gasteiger charge is -2.26. The average molecular weight is 440 g/mol. The van der Waals surface area contributed by atoms with Crippen LogP contribution in [0.1, 0.15) is 39.2 Å². The van der Waals surface area contributed by atoms with Crippen molar-refractivity contribution in [2.75, 3.05) is 13.1 Å². The summed E-state index contributed by atoms with van der Waals surface area (Å²) in [5.74, 6) is 0.706. The number of guanidine groups is 1. The highest BCUT2D eigenvalue weighted by Crippen LogP contribution is 2.13. The van der Waals surface area contributed by atoms with Crippen LogP contribution in [-0.4, -0.2) is 29.8 Å². The number of hydrogen-bond acceptors (Lipinski definition) is 2. The van der Waals surface area contributed by atoms with Gasteiger partial charge in [0.15, 0.2) is 5.96 Å². The minimum absolute atomic E-state index is 0. The van der Waals surface area contributed by atoms with Gasteiger partial charge in [0.05, 0.1) is 12.1 Å². The third kappa shape index (κ3) is 7.65. The molecule has 0 radical (unpaired) electrons. The van der Waals surface area contributed by atoms with Crippen LogP contribution in [0.25, 0.3) is 0 Å². The smallest absolute Gasteiger partial charge is 0.191 e. The Bertz CT molecular complexity index is 464. The topological polar surface area (TPSA) is 56.7 Å². The Balaban J connectivity index is 0.00000441. The van der Waals surface area contributed by atoms with Crippen LogP contribution in [0.15, 0.2) is 29.3 Å². The number of aliphatic hydroxyl groups is 1. The zero-order valence-electron chi connectivity index (χ0n) is 13.5. The highest BCUT2D eigenvalue weighted by atomic mass is 127. The van der Waals surface area contributed by atoms with E-state index in [2.05, 4.69) is 15.6 Å². The van der Waals surface area contributed by atoms with E-state index in [4.69, 9.17) is 11.6 Å². The summed E-state index contributed by atoms with van der Waals surface area (Å²) in [6.45, 7) is 7.80. The summed E-state index contributed by atoms with van der Waals surface area (Å²) in [6, 6.07) is 7.66. The Morgan fingerprint density at radius 3 is 2.45 bits per heavy atom. The molecule has 126 valence electrons. The van der Waals surface area contributed by atoms with E-state index in [0.29, 0.717) is 36.9 Å². The van der Waals surface area contributed by atoms with Crippen LogP contribution in [0, 0.1) is 0 Å². The largest absolute Gasteiger partial charge is 0.388 e. The first-order valence-electron chi connectivity index (χ1n) is 7.52. The lowest BCUT2D eigenvalue weighted by atomic mass is 9.98. The van der Waals surface area contributed by atoms with Crippen LogP contribution in [0.2, 0.25) is 5.02 Å². The van der Waals surface area contributed by atoms with Gasteiger partial charge < -0.3 is 15.7 Å². The number of nitrogens with one attached hydrogen (secondary N) is 2. The van der Waals surface area contributed by atoms with E-state index >= 15 is 0 Å². The van der Waals surface area contributed by atoms with E-state index in [0.717, 1.165) is 12.1 Å². The molecule has 6 heteroatoms. The molecule has 22 heavy (non-hydrogen) atoms. The average Bonchev–Trinajstić information content (AvgIpc) is 2.50. The molecule has 0 bridgehead atoms. The predicted molar refractivity (Wildman–Crippen MR) is 105 cm³/mol. The molecule has 0 saturated heterocycles. The van der Waals surface area contributed by atoms with Crippen LogP contribution in [0.5, 0.6) is 0 Å². The number of nitrogens with zero attached hydrogens (tertiary/aromatic N) is 1. The second-order valence-corrected chi connectivity index (χ2v) is 5.55. The van der Waals surface area contributed by atoms with Gasteiger partial charge in [-0.15, -0.1) is 24.0 Å². The van der Waals surface area contributed by atoms with Crippen molar-refractivity contribution in [2.24, 2.45) is 4.99 Å². The molecule has 0 amide bonds. The molecule has 0 atom stereocenters. The van der Waals surface area contributed by atoms with Gasteiger partial charge in [0.25, 0.3) is 0 Å². The first kappa shape index (κ1) is 21.5. The molecule has 1 aromatic carbocycles. The molecule has 1 aromatic rings. The summed E-state index contributed by atoms with van der Waals surface area (Å²) < 4.78 is 0. The van der Waals surface area contributed by atoms with E-state index < -0.39 is 5.60 Å². The molecule has 0 heterocycles. The molecule has 0 aromatic heterocycles. The molecule has 0 aliphatic heterocycles. The molecule has 0 aliphatic carbocycles. The molecule has 0 spiro atoms.